The number of aryl methyl sites for hydroxylation is 5. The Hall–Kier alpha value is -3.12. The Labute approximate surface area is 231 Å². The quantitative estimate of drug-likeness (QED) is 0.226. The summed E-state index contributed by atoms with van der Waals surface area (Å²) in [5.74, 6) is 0. The van der Waals surface area contributed by atoms with Gasteiger partial charge in [0.15, 0.2) is 0 Å². The van der Waals surface area contributed by atoms with Gasteiger partial charge in [-0.1, -0.05) is 105 Å². The molecule has 0 N–H and O–H groups in total. The van der Waals surface area contributed by atoms with Crippen LogP contribution in [0, 0.1) is 34.6 Å². The molecule has 0 bridgehead atoms. The third-order valence-electron chi connectivity index (χ3n) is 8.93. The van der Waals surface area contributed by atoms with Gasteiger partial charge in [0.25, 0.3) is 0 Å². The molecule has 196 valence electrons. The van der Waals surface area contributed by atoms with Crippen molar-refractivity contribution in [2.45, 2.75) is 92.4 Å². The average molecular weight is 501 g/mol. The van der Waals surface area contributed by atoms with Gasteiger partial charge in [0.05, 0.1) is 0 Å². The Morgan fingerprint density at radius 2 is 1.00 bits per heavy atom. The van der Waals surface area contributed by atoms with Gasteiger partial charge in [0.2, 0.25) is 0 Å². The summed E-state index contributed by atoms with van der Waals surface area (Å²) in [6.07, 6.45) is 7.40. The van der Waals surface area contributed by atoms with Gasteiger partial charge in [0, 0.05) is 5.41 Å². The monoisotopic (exact) mass is 500 g/mol. The molecular weight excluding hydrogens is 456 g/mol. The summed E-state index contributed by atoms with van der Waals surface area (Å²) in [6, 6.07) is 26.3. The zero-order chi connectivity index (χ0) is 27.0. The molecule has 0 heteroatoms. The second kappa shape index (κ2) is 10.6. The van der Waals surface area contributed by atoms with E-state index < -0.39 is 0 Å². The minimum atomic E-state index is 0.0772. The van der Waals surface area contributed by atoms with E-state index in [1.807, 2.05) is 0 Å². The molecule has 0 spiro atoms. The summed E-state index contributed by atoms with van der Waals surface area (Å²) in [5, 5.41) is 0. The molecule has 5 rings (SSSR count). The number of hydrogen-bond acceptors (Lipinski definition) is 0. The van der Waals surface area contributed by atoms with E-state index in [1.54, 1.807) is 11.1 Å². The zero-order valence-corrected chi connectivity index (χ0v) is 24.6. The lowest BCUT2D eigenvalue weighted by Crippen LogP contribution is -2.25. The molecule has 0 heterocycles. The Kier molecular flexibility index (Phi) is 7.36. The smallest absolute Gasteiger partial charge is 0.0215 e. The van der Waals surface area contributed by atoms with Gasteiger partial charge >= 0.3 is 0 Å². The number of rotatable bonds is 8. The molecule has 0 aromatic heterocycles. The first kappa shape index (κ1) is 26.5. The minimum Gasteiger partial charge on any atom is -0.0654 e. The maximum atomic E-state index is 2.57. The molecule has 38 heavy (non-hydrogen) atoms. The predicted octanol–water partition coefficient (Wildman–Crippen LogP) is 11.2. The van der Waals surface area contributed by atoms with Gasteiger partial charge in [-0.2, -0.15) is 0 Å². The van der Waals surface area contributed by atoms with Crippen molar-refractivity contribution >= 4 is 0 Å². The van der Waals surface area contributed by atoms with Gasteiger partial charge in [-0.25, -0.2) is 0 Å². The first-order chi connectivity index (χ1) is 18.3. The van der Waals surface area contributed by atoms with Gasteiger partial charge in [-0.3, -0.25) is 0 Å². The second-order valence-electron chi connectivity index (χ2n) is 11.9. The van der Waals surface area contributed by atoms with Gasteiger partial charge in [-0.15, -0.1) is 0 Å². The van der Waals surface area contributed by atoms with Crippen LogP contribution in [0.3, 0.4) is 0 Å². The first-order valence-electron chi connectivity index (χ1n) is 14.7. The molecule has 0 radical (unpaired) electrons. The van der Waals surface area contributed by atoms with Crippen LogP contribution in [0.15, 0.2) is 66.7 Å². The number of hydrogen-bond donors (Lipinski definition) is 0. The summed E-state index contributed by atoms with van der Waals surface area (Å²) in [5.41, 5.74) is 18.4. The van der Waals surface area contributed by atoms with E-state index in [4.69, 9.17) is 0 Å². The SMILES string of the molecule is CCCCC1(CCCC)c2cc(-c3ccc(C)cc3C)ccc2-c2ccc(-c3c(C)cc(C)cc3C)cc21. The van der Waals surface area contributed by atoms with Crippen molar-refractivity contribution in [1.29, 1.82) is 0 Å². The average Bonchev–Trinajstić information content (AvgIpc) is 3.14. The van der Waals surface area contributed by atoms with Crippen LogP contribution in [-0.2, 0) is 5.41 Å². The third-order valence-corrected chi connectivity index (χ3v) is 8.93. The molecule has 0 aliphatic heterocycles. The summed E-state index contributed by atoms with van der Waals surface area (Å²) in [6.45, 7) is 15.9. The molecular formula is C38H44. The molecule has 4 aromatic rings. The molecule has 0 saturated carbocycles. The lowest BCUT2D eigenvalue weighted by Gasteiger charge is -2.33. The molecule has 4 aromatic carbocycles. The highest BCUT2D eigenvalue weighted by Crippen LogP contribution is 2.56. The third kappa shape index (κ3) is 4.53. The molecule has 0 amide bonds. The van der Waals surface area contributed by atoms with E-state index in [-0.39, 0.29) is 5.41 Å². The van der Waals surface area contributed by atoms with Crippen molar-refractivity contribution in [3.8, 4) is 33.4 Å². The van der Waals surface area contributed by atoms with Crippen molar-refractivity contribution in [2.24, 2.45) is 0 Å². The van der Waals surface area contributed by atoms with Crippen LogP contribution < -0.4 is 0 Å². The molecule has 0 saturated heterocycles. The highest BCUT2D eigenvalue weighted by Gasteiger charge is 2.42. The van der Waals surface area contributed by atoms with E-state index in [0.29, 0.717) is 0 Å². The van der Waals surface area contributed by atoms with Crippen LogP contribution in [0.1, 0.15) is 91.3 Å². The Balaban J connectivity index is 1.74. The van der Waals surface area contributed by atoms with Crippen LogP contribution >= 0.6 is 0 Å². The Morgan fingerprint density at radius 1 is 0.500 bits per heavy atom. The van der Waals surface area contributed by atoms with E-state index in [2.05, 4.69) is 115 Å². The second-order valence-corrected chi connectivity index (χ2v) is 11.9. The van der Waals surface area contributed by atoms with E-state index in [1.165, 1.54) is 99.7 Å². The fraction of sp³-hybridized carbons (Fsp3) is 0.368. The largest absolute Gasteiger partial charge is 0.0654 e. The standard InChI is InChI=1S/C38H44/c1-8-10-18-38(19-11-9-2)35-23-30(32-15-12-25(3)20-27(32)5)13-16-33(35)34-17-14-31(24-36(34)38)37-28(6)21-26(4)22-29(37)7/h12-17,20-24H,8-11,18-19H2,1-7H3. The van der Waals surface area contributed by atoms with Crippen molar-refractivity contribution in [1.82, 2.24) is 0 Å². The predicted molar refractivity (Wildman–Crippen MR) is 166 cm³/mol. The maximum Gasteiger partial charge on any atom is 0.0215 e. The number of benzene rings is 4. The van der Waals surface area contributed by atoms with Crippen molar-refractivity contribution in [3.63, 3.8) is 0 Å². The molecule has 1 aliphatic carbocycles. The van der Waals surface area contributed by atoms with Crippen LogP contribution in [0.25, 0.3) is 33.4 Å². The number of fused-ring (bicyclic) bond motifs is 3. The highest BCUT2D eigenvalue weighted by molar-refractivity contribution is 5.87. The summed E-state index contributed by atoms with van der Waals surface area (Å²) in [4.78, 5) is 0. The van der Waals surface area contributed by atoms with E-state index >= 15 is 0 Å². The van der Waals surface area contributed by atoms with Crippen molar-refractivity contribution < 1.29 is 0 Å². The lowest BCUT2D eigenvalue weighted by atomic mass is 9.70. The maximum absolute atomic E-state index is 2.57. The lowest BCUT2D eigenvalue weighted by molar-refractivity contribution is 0.414. The highest BCUT2D eigenvalue weighted by atomic mass is 14.5. The van der Waals surface area contributed by atoms with Crippen LogP contribution in [-0.4, -0.2) is 0 Å². The van der Waals surface area contributed by atoms with Crippen molar-refractivity contribution in [3.05, 3.63) is 106 Å². The Bertz CT molecular complexity index is 1450. The number of unbranched alkanes of at least 4 members (excludes halogenated alkanes) is 2. The van der Waals surface area contributed by atoms with Gasteiger partial charge < -0.3 is 0 Å². The molecule has 0 atom stereocenters. The fourth-order valence-electron chi connectivity index (χ4n) is 7.21. The van der Waals surface area contributed by atoms with Crippen LogP contribution in [0.4, 0.5) is 0 Å². The molecule has 0 nitrogen and oxygen atoms in total. The summed E-state index contributed by atoms with van der Waals surface area (Å²) in [7, 11) is 0. The van der Waals surface area contributed by atoms with Gasteiger partial charge in [-0.05, 0) is 121 Å². The normalized spacial score (nSPS) is 13.4. The molecule has 1 aliphatic rings. The summed E-state index contributed by atoms with van der Waals surface area (Å²) >= 11 is 0. The topological polar surface area (TPSA) is 0 Å². The van der Waals surface area contributed by atoms with Gasteiger partial charge in [0.1, 0.15) is 0 Å². The van der Waals surface area contributed by atoms with E-state index in [9.17, 15) is 0 Å². The first-order valence-corrected chi connectivity index (χ1v) is 14.7. The van der Waals surface area contributed by atoms with E-state index in [0.717, 1.165) is 0 Å². The molecule has 0 unspecified atom stereocenters. The minimum absolute atomic E-state index is 0.0772. The molecule has 0 fully saturated rings. The Morgan fingerprint density at radius 3 is 1.55 bits per heavy atom. The van der Waals surface area contributed by atoms with Crippen LogP contribution in [0.2, 0.25) is 0 Å². The summed E-state index contributed by atoms with van der Waals surface area (Å²) < 4.78 is 0. The zero-order valence-electron chi connectivity index (χ0n) is 24.6. The van der Waals surface area contributed by atoms with Crippen molar-refractivity contribution in [2.75, 3.05) is 0 Å². The van der Waals surface area contributed by atoms with Crippen LogP contribution in [0.5, 0.6) is 0 Å². The fourth-order valence-corrected chi connectivity index (χ4v) is 7.21.